The average Bonchev–Trinajstić information content (AvgIpc) is 3.09. The van der Waals surface area contributed by atoms with Crippen LogP contribution in [0.1, 0.15) is 26.6 Å². The van der Waals surface area contributed by atoms with Gasteiger partial charge in [0.25, 0.3) is 11.8 Å². The summed E-state index contributed by atoms with van der Waals surface area (Å²) >= 11 is 0. The van der Waals surface area contributed by atoms with Crippen LogP contribution in [0.15, 0.2) is 59.1 Å². The van der Waals surface area contributed by atoms with Crippen LogP contribution in [0.3, 0.4) is 0 Å². The van der Waals surface area contributed by atoms with Crippen molar-refractivity contribution in [1.29, 1.82) is 0 Å². The topological polar surface area (TPSA) is 93.5 Å². The number of carbonyl (C=O) groups excluding carboxylic acids is 2. The highest BCUT2D eigenvalue weighted by Gasteiger charge is 2.12. The number of aryl methyl sites for hydroxylation is 1. The molecule has 132 valence electrons. The molecule has 0 aliphatic carbocycles. The van der Waals surface area contributed by atoms with E-state index in [0.29, 0.717) is 28.4 Å². The minimum Gasteiger partial charge on any atom is -0.497 e. The molecule has 0 fully saturated rings. The predicted molar refractivity (Wildman–Crippen MR) is 96.6 cm³/mol. The smallest absolute Gasteiger partial charge is 0.294 e. The van der Waals surface area contributed by atoms with Crippen molar-refractivity contribution in [3.63, 3.8) is 0 Å². The van der Waals surface area contributed by atoms with Crippen LogP contribution in [-0.4, -0.2) is 24.1 Å². The molecule has 0 radical (unpaired) electrons. The van der Waals surface area contributed by atoms with E-state index in [0.717, 1.165) is 0 Å². The Bertz CT molecular complexity index is 915. The third-order valence-electron chi connectivity index (χ3n) is 3.60. The van der Waals surface area contributed by atoms with Crippen LogP contribution in [-0.2, 0) is 0 Å². The highest BCUT2D eigenvalue weighted by molar-refractivity contribution is 6.05. The highest BCUT2D eigenvalue weighted by atomic mass is 16.5. The SMILES string of the molecule is COc1ccc(NC(=O)c2ccc(NC(=O)c3cc(C)no3)cc2)cc1. The number of ether oxygens (including phenoxy) is 1. The summed E-state index contributed by atoms with van der Waals surface area (Å²) in [4.78, 5) is 24.3. The van der Waals surface area contributed by atoms with Crippen LogP contribution in [0.4, 0.5) is 11.4 Å². The molecule has 0 saturated heterocycles. The van der Waals surface area contributed by atoms with E-state index in [-0.39, 0.29) is 11.7 Å². The lowest BCUT2D eigenvalue weighted by molar-refractivity contribution is 0.0986. The molecule has 1 aromatic heterocycles. The molecule has 2 aromatic carbocycles. The molecule has 2 N–H and O–H groups in total. The van der Waals surface area contributed by atoms with Gasteiger partial charge in [0.1, 0.15) is 5.75 Å². The number of nitrogens with zero attached hydrogens (tertiary/aromatic N) is 1. The number of rotatable bonds is 5. The third-order valence-corrected chi connectivity index (χ3v) is 3.60. The van der Waals surface area contributed by atoms with Crippen molar-refractivity contribution in [3.05, 3.63) is 71.6 Å². The van der Waals surface area contributed by atoms with Crippen LogP contribution < -0.4 is 15.4 Å². The molecule has 7 heteroatoms. The lowest BCUT2D eigenvalue weighted by atomic mass is 10.2. The van der Waals surface area contributed by atoms with Crippen molar-refractivity contribution in [3.8, 4) is 5.75 Å². The van der Waals surface area contributed by atoms with Crippen LogP contribution in [0, 0.1) is 6.92 Å². The number of aromatic nitrogens is 1. The van der Waals surface area contributed by atoms with Gasteiger partial charge in [-0.25, -0.2) is 0 Å². The number of methoxy groups -OCH3 is 1. The second-order valence-electron chi connectivity index (χ2n) is 5.55. The van der Waals surface area contributed by atoms with Crippen molar-refractivity contribution in [1.82, 2.24) is 5.16 Å². The van der Waals surface area contributed by atoms with Crippen molar-refractivity contribution < 1.29 is 18.8 Å². The Morgan fingerprint density at radius 2 is 1.50 bits per heavy atom. The van der Waals surface area contributed by atoms with E-state index in [1.807, 2.05) is 0 Å². The van der Waals surface area contributed by atoms with E-state index in [4.69, 9.17) is 9.26 Å². The van der Waals surface area contributed by atoms with Crippen molar-refractivity contribution >= 4 is 23.2 Å². The first kappa shape index (κ1) is 17.2. The van der Waals surface area contributed by atoms with Gasteiger partial charge in [0.05, 0.1) is 12.8 Å². The Balaban J connectivity index is 1.62. The molecule has 0 saturated carbocycles. The Morgan fingerprint density at radius 1 is 0.923 bits per heavy atom. The van der Waals surface area contributed by atoms with Gasteiger partial charge in [0, 0.05) is 23.0 Å². The molecule has 0 aliphatic rings. The van der Waals surface area contributed by atoms with Gasteiger partial charge in [-0.3, -0.25) is 9.59 Å². The highest BCUT2D eigenvalue weighted by Crippen LogP contribution is 2.17. The number of anilines is 2. The largest absolute Gasteiger partial charge is 0.497 e. The van der Waals surface area contributed by atoms with E-state index in [9.17, 15) is 9.59 Å². The fourth-order valence-electron chi connectivity index (χ4n) is 2.25. The third kappa shape index (κ3) is 4.07. The summed E-state index contributed by atoms with van der Waals surface area (Å²) in [5, 5.41) is 9.15. The van der Waals surface area contributed by atoms with Gasteiger partial charge in [0.2, 0.25) is 5.76 Å². The Labute approximate surface area is 150 Å². The van der Waals surface area contributed by atoms with E-state index in [1.54, 1.807) is 68.6 Å². The number of nitrogens with one attached hydrogen (secondary N) is 2. The van der Waals surface area contributed by atoms with Crippen LogP contribution >= 0.6 is 0 Å². The van der Waals surface area contributed by atoms with Gasteiger partial charge >= 0.3 is 0 Å². The number of hydrogen-bond acceptors (Lipinski definition) is 5. The molecule has 0 bridgehead atoms. The molecule has 0 spiro atoms. The standard InChI is InChI=1S/C19H17N3O4/c1-12-11-17(26-22-12)19(24)21-14-5-3-13(4-6-14)18(23)20-15-7-9-16(25-2)10-8-15/h3-11H,1-2H3,(H,20,23)(H,21,24). The molecule has 3 aromatic rings. The van der Waals surface area contributed by atoms with Crippen LogP contribution in [0.5, 0.6) is 5.75 Å². The fourth-order valence-corrected chi connectivity index (χ4v) is 2.25. The molecule has 26 heavy (non-hydrogen) atoms. The summed E-state index contributed by atoms with van der Waals surface area (Å²) < 4.78 is 9.99. The Hall–Kier alpha value is -3.61. The van der Waals surface area contributed by atoms with E-state index in [2.05, 4.69) is 15.8 Å². The number of amides is 2. The quantitative estimate of drug-likeness (QED) is 0.734. The maximum atomic E-state index is 12.3. The first-order chi connectivity index (χ1) is 12.5. The van der Waals surface area contributed by atoms with Crippen molar-refractivity contribution in [2.75, 3.05) is 17.7 Å². The molecular formula is C19H17N3O4. The zero-order chi connectivity index (χ0) is 18.5. The van der Waals surface area contributed by atoms with E-state index >= 15 is 0 Å². The van der Waals surface area contributed by atoms with E-state index in [1.165, 1.54) is 0 Å². The summed E-state index contributed by atoms with van der Waals surface area (Å²) in [5.74, 6) is 0.189. The van der Waals surface area contributed by atoms with Gasteiger partial charge in [-0.1, -0.05) is 5.16 Å². The lowest BCUT2D eigenvalue weighted by Gasteiger charge is -2.07. The summed E-state index contributed by atoms with van der Waals surface area (Å²) in [7, 11) is 1.58. The van der Waals surface area contributed by atoms with Crippen LogP contribution in [0.2, 0.25) is 0 Å². The first-order valence-electron chi connectivity index (χ1n) is 7.85. The maximum absolute atomic E-state index is 12.3. The summed E-state index contributed by atoms with van der Waals surface area (Å²) in [6.07, 6.45) is 0. The zero-order valence-corrected chi connectivity index (χ0v) is 14.3. The number of hydrogen-bond donors (Lipinski definition) is 2. The van der Waals surface area contributed by atoms with Crippen molar-refractivity contribution in [2.24, 2.45) is 0 Å². The molecule has 3 rings (SSSR count). The maximum Gasteiger partial charge on any atom is 0.294 e. The zero-order valence-electron chi connectivity index (χ0n) is 14.3. The first-order valence-corrected chi connectivity index (χ1v) is 7.85. The Kier molecular flexibility index (Phi) is 4.98. The van der Waals surface area contributed by atoms with Gasteiger partial charge in [-0.15, -0.1) is 0 Å². The molecule has 0 unspecified atom stereocenters. The molecular weight excluding hydrogens is 334 g/mol. The van der Waals surface area contributed by atoms with Crippen LogP contribution in [0.25, 0.3) is 0 Å². The van der Waals surface area contributed by atoms with Crippen molar-refractivity contribution in [2.45, 2.75) is 6.92 Å². The van der Waals surface area contributed by atoms with E-state index < -0.39 is 5.91 Å². The molecule has 1 heterocycles. The molecule has 2 amide bonds. The summed E-state index contributed by atoms with van der Waals surface area (Å²) in [6.45, 7) is 1.73. The second-order valence-corrected chi connectivity index (χ2v) is 5.55. The summed E-state index contributed by atoms with van der Waals surface area (Å²) in [6, 6.07) is 15.1. The normalized spacial score (nSPS) is 10.2. The van der Waals surface area contributed by atoms with Gasteiger partial charge < -0.3 is 19.9 Å². The lowest BCUT2D eigenvalue weighted by Crippen LogP contribution is -2.13. The molecule has 0 aliphatic heterocycles. The van der Waals surface area contributed by atoms with Gasteiger partial charge in [0.15, 0.2) is 0 Å². The average molecular weight is 351 g/mol. The second kappa shape index (κ2) is 7.52. The number of carbonyl (C=O) groups is 2. The predicted octanol–water partition coefficient (Wildman–Crippen LogP) is 3.50. The molecule has 7 nitrogen and oxygen atoms in total. The summed E-state index contributed by atoms with van der Waals surface area (Å²) in [5.41, 5.74) is 2.30. The minimum absolute atomic E-state index is 0.129. The monoisotopic (exact) mass is 351 g/mol. The Morgan fingerprint density at radius 3 is 2.04 bits per heavy atom. The van der Waals surface area contributed by atoms with Gasteiger partial charge in [-0.05, 0) is 55.5 Å². The fraction of sp³-hybridized carbons (Fsp3) is 0.105. The minimum atomic E-state index is -0.402. The number of benzene rings is 2. The molecule has 0 atom stereocenters. The van der Waals surface area contributed by atoms with Gasteiger partial charge in [-0.2, -0.15) is 0 Å².